The van der Waals surface area contributed by atoms with Crippen LogP contribution in [0.2, 0.25) is 0 Å². The molecule has 0 saturated heterocycles. The molecule has 3 heterocycles. The largest absolute Gasteiger partial charge is 0.327 e. The minimum absolute atomic E-state index is 0.0613. The summed E-state index contributed by atoms with van der Waals surface area (Å²) in [6, 6.07) is 14.6. The molecule has 0 bridgehead atoms. The number of nitrogens with one attached hydrogen (secondary N) is 1. The first kappa shape index (κ1) is 22.1. The van der Waals surface area contributed by atoms with E-state index in [0.717, 1.165) is 32.1 Å². The minimum Gasteiger partial charge on any atom is -0.294 e. The van der Waals surface area contributed by atoms with Gasteiger partial charge in [0.15, 0.2) is 12.4 Å². The number of hydrogen-bond donors (Lipinski definition) is 1. The highest BCUT2D eigenvalue weighted by molar-refractivity contribution is 6.44. The van der Waals surface area contributed by atoms with Gasteiger partial charge in [0.1, 0.15) is 5.57 Å². The molecular formula is C27H29N4O3+. The Morgan fingerprint density at radius 3 is 2.18 bits per heavy atom. The van der Waals surface area contributed by atoms with Crippen molar-refractivity contribution in [3.63, 3.8) is 0 Å². The maximum Gasteiger partial charge on any atom is 0.327 e. The lowest BCUT2D eigenvalue weighted by Crippen LogP contribution is -2.45. The summed E-state index contributed by atoms with van der Waals surface area (Å²) >= 11 is 0. The molecule has 0 unspecified atom stereocenters. The zero-order chi connectivity index (χ0) is 23.8. The van der Waals surface area contributed by atoms with Crippen LogP contribution in [0.25, 0.3) is 17.0 Å². The maximum atomic E-state index is 13.9. The third-order valence-corrected chi connectivity index (χ3v) is 6.76. The van der Waals surface area contributed by atoms with Crippen molar-refractivity contribution >= 4 is 23.1 Å². The molecule has 1 fully saturated rings. The summed E-state index contributed by atoms with van der Waals surface area (Å²) in [4.78, 5) is 42.9. The van der Waals surface area contributed by atoms with Gasteiger partial charge >= 0.3 is 5.91 Å². The monoisotopic (exact) mass is 457 g/mol. The van der Waals surface area contributed by atoms with Crippen molar-refractivity contribution in [2.75, 3.05) is 0 Å². The topological polar surface area (TPSA) is 79.1 Å². The second-order valence-electron chi connectivity index (χ2n) is 9.31. The number of imide groups is 1. The number of nitrogens with zero attached hydrogens (tertiary/aromatic N) is 3. The van der Waals surface area contributed by atoms with Crippen LogP contribution >= 0.6 is 0 Å². The second-order valence-corrected chi connectivity index (χ2v) is 9.31. The fourth-order valence-electron chi connectivity index (χ4n) is 5.09. The van der Waals surface area contributed by atoms with Gasteiger partial charge in [-0.3, -0.25) is 24.4 Å². The van der Waals surface area contributed by atoms with E-state index in [4.69, 9.17) is 0 Å². The molecule has 1 N–H and O–H groups in total. The minimum atomic E-state index is -0.374. The van der Waals surface area contributed by atoms with Crippen LogP contribution in [-0.4, -0.2) is 32.5 Å². The van der Waals surface area contributed by atoms with Crippen LogP contribution in [-0.2, 0) is 9.59 Å². The first-order valence-corrected chi connectivity index (χ1v) is 12.0. The molecule has 5 rings (SSSR count). The molecule has 2 amide bonds. The van der Waals surface area contributed by atoms with Crippen molar-refractivity contribution < 1.29 is 14.2 Å². The van der Waals surface area contributed by atoms with Crippen LogP contribution in [0.3, 0.4) is 0 Å². The quantitative estimate of drug-likeness (QED) is 0.469. The third-order valence-electron chi connectivity index (χ3n) is 6.76. The summed E-state index contributed by atoms with van der Waals surface area (Å²) in [6.45, 7) is 3.94. The Bertz CT molecular complexity index is 1310. The number of aromatic amines is 1. The van der Waals surface area contributed by atoms with Gasteiger partial charge in [0.05, 0.1) is 11.3 Å². The molecule has 2 aliphatic rings. The number of aromatic nitrogens is 3. The average molecular weight is 458 g/mol. The predicted octanol–water partition coefficient (Wildman–Crippen LogP) is 3.65. The van der Waals surface area contributed by atoms with Crippen LogP contribution in [0.5, 0.6) is 0 Å². The molecule has 3 aromatic rings. The number of H-pyrrole nitrogens is 1. The molecule has 0 radical (unpaired) electrons. The van der Waals surface area contributed by atoms with Crippen LogP contribution in [0.4, 0.5) is 0 Å². The van der Waals surface area contributed by atoms with Crippen molar-refractivity contribution in [3.8, 4) is 5.69 Å². The van der Waals surface area contributed by atoms with E-state index in [1.807, 2.05) is 62.4 Å². The Kier molecular flexibility index (Phi) is 5.77. The number of carbonyl (C=O) groups excluding carboxylic acids is 2. The number of para-hydroxylation sites is 1. The van der Waals surface area contributed by atoms with E-state index in [2.05, 4.69) is 5.10 Å². The Balaban J connectivity index is 1.75. The first-order chi connectivity index (χ1) is 16.5. The van der Waals surface area contributed by atoms with Gasteiger partial charge in [-0.15, -0.1) is 0 Å². The third kappa shape index (κ3) is 3.61. The number of pyridine rings is 1. The average Bonchev–Trinajstić information content (AvgIpc) is 3.33. The number of rotatable bonds is 5. The molecule has 2 aromatic heterocycles. The lowest BCUT2D eigenvalue weighted by atomic mass is 9.94. The van der Waals surface area contributed by atoms with Gasteiger partial charge in [-0.1, -0.05) is 57.4 Å². The van der Waals surface area contributed by atoms with Crippen molar-refractivity contribution in [2.24, 2.45) is 0 Å². The van der Waals surface area contributed by atoms with Gasteiger partial charge in [0.25, 0.3) is 17.2 Å². The Hall–Kier alpha value is -3.74. The molecule has 34 heavy (non-hydrogen) atoms. The molecule has 1 aromatic carbocycles. The molecule has 7 heteroatoms. The molecule has 0 spiro atoms. The first-order valence-electron chi connectivity index (χ1n) is 12.0. The van der Waals surface area contributed by atoms with E-state index in [1.54, 1.807) is 17.0 Å². The Morgan fingerprint density at radius 2 is 1.53 bits per heavy atom. The summed E-state index contributed by atoms with van der Waals surface area (Å²) in [7, 11) is 0. The Morgan fingerprint density at radius 1 is 0.882 bits per heavy atom. The normalized spacial score (nSPS) is 17.3. The number of carbonyl (C=O) groups is 2. The van der Waals surface area contributed by atoms with Crippen LogP contribution in [0.1, 0.15) is 63.1 Å². The van der Waals surface area contributed by atoms with Gasteiger partial charge in [-0.2, -0.15) is 4.57 Å². The predicted molar refractivity (Wildman–Crippen MR) is 129 cm³/mol. The molecule has 1 aliphatic heterocycles. The highest BCUT2D eigenvalue weighted by Crippen LogP contribution is 2.36. The van der Waals surface area contributed by atoms with Gasteiger partial charge < -0.3 is 0 Å². The van der Waals surface area contributed by atoms with Crippen molar-refractivity contribution in [1.82, 2.24) is 14.7 Å². The standard InChI is InChI=1S/C27H28N4O3/c1-18(2)23-21(26(33)31(28-23)20-14-8-4-9-15-20)22-24(29-16-10-5-11-17-29)27(34)30(25(22)32)19-12-6-3-7-13-19/h4-5,8-11,14-19H,3,6-7,12-13H2,1-2H3/p+1. The van der Waals surface area contributed by atoms with Crippen LogP contribution in [0, 0.1) is 0 Å². The fraction of sp³-hybridized carbons (Fsp3) is 0.333. The van der Waals surface area contributed by atoms with E-state index in [9.17, 15) is 14.4 Å². The molecular weight excluding hydrogens is 428 g/mol. The number of amides is 2. The lowest BCUT2D eigenvalue weighted by molar-refractivity contribution is -0.576. The van der Waals surface area contributed by atoms with E-state index >= 15 is 0 Å². The maximum absolute atomic E-state index is 13.9. The van der Waals surface area contributed by atoms with Gasteiger partial charge in [-0.05, 0) is 30.9 Å². The van der Waals surface area contributed by atoms with Gasteiger partial charge in [0.2, 0.25) is 0 Å². The van der Waals surface area contributed by atoms with Gasteiger partial charge in [-0.25, -0.2) is 4.68 Å². The van der Waals surface area contributed by atoms with Gasteiger partial charge in [0, 0.05) is 23.9 Å². The summed E-state index contributed by atoms with van der Waals surface area (Å²) in [5.74, 6) is -0.764. The molecule has 174 valence electrons. The summed E-state index contributed by atoms with van der Waals surface area (Å²) in [5, 5.41) is 3.22. The zero-order valence-corrected chi connectivity index (χ0v) is 19.5. The summed E-state index contributed by atoms with van der Waals surface area (Å²) in [5.41, 5.74) is 1.70. The highest BCUT2D eigenvalue weighted by atomic mass is 16.2. The van der Waals surface area contributed by atoms with E-state index in [0.29, 0.717) is 11.4 Å². The number of hydrogen-bond acceptors (Lipinski definition) is 3. The summed E-state index contributed by atoms with van der Waals surface area (Å²) in [6.07, 6.45) is 8.21. The van der Waals surface area contributed by atoms with E-state index in [-0.39, 0.29) is 46.2 Å². The molecule has 7 nitrogen and oxygen atoms in total. The molecule has 1 saturated carbocycles. The fourth-order valence-corrected chi connectivity index (χ4v) is 5.09. The zero-order valence-electron chi connectivity index (χ0n) is 19.5. The van der Waals surface area contributed by atoms with Crippen molar-refractivity contribution in [2.45, 2.75) is 57.9 Å². The van der Waals surface area contributed by atoms with E-state index in [1.165, 1.54) is 9.58 Å². The smallest absolute Gasteiger partial charge is 0.294 e. The molecule has 0 atom stereocenters. The van der Waals surface area contributed by atoms with Crippen LogP contribution < -0.4 is 10.1 Å². The number of benzene rings is 1. The Labute approximate surface area is 198 Å². The highest BCUT2D eigenvalue weighted by Gasteiger charge is 2.50. The lowest BCUT2D eigenvalue weighted by Gasteiger charge is -2.29. The van der Waals surface area contributed by atoms with Crippen molar-refractivity contribution in [1.29, 1.82) is 0 Å². The van der Waals surface area contributed by atoms with E-state index < -0.39 is 0 Å². The van der Waals surface area contributed by atoms with Crippen LogP contribution in [0.15, 0.2) is 65.7 Å². The SMILES string of the molecule is CC(C)c1[nH]n(-c2ccccc2)c(=O)c1C1=C([n+]2ccccc2)C(=O)N(C2CCCCC2)C1=O. The second kappa shape index (κ2) is 8.89. The summed E-state index contributed by atoms with van der Waals surface area (Å²) < 4.78 is 3.13. The van der Waals surface area contributed by atoms with Crippen molar-refractivity contribution in [3.05, 3.63) is 82.5 Å². The molecule has 1 aliphatic carbocycles.